The summed E-state index contributed by atoms with van der Waals surface area (Å²) >= 11 is 2.85. The molecule has 0 aliphatic carbocycles. The molecule has 0 spiro atoms. The number of thiophene rings is 1. The van der Waals surface area contributed by atoms with Crippen molar-refractivity contribution in [3.63, 3.8) is 0 Å². The monoisotopic (exact) mass is 336 g/mol. The Bertz CT molecular complexity index is 583. The third-order valence-corrected chi connectivity index (χ3v) is 4.12. The van der Waals surface area contributed by atoms with Crippen molar-refractivity contribution in [2.75, 3.05) is 12.3 Å². The number of amides is 1. The van der Waals surface area contributed by atoms with Gasteiger partial charge in [0.05, 0.1) is 4.88 Å². The van der Waals surface area contributed by atoms with Gasteiger partial charge in [0.1, 0.15) is 0 Å². The van der Waals surface area contributed by atoms with Crippen molar-refractivity contribution < 1.29 is 18.0 Å². The first-order valence-corrected chi connectivity index (χ1v) is 7.77. The minimum Gasteiger partial charge on any atom is -0.348 e. The molecule has 0 unspecified atom stereocenters. The Morgan fingerprint density at radius 1 is 1.48 bits per heavy atom. The largest absolute Gasteiger partial charge is 0.471 e. The zero-order valence-electron chi connectivity index (χ0n) is 10.6. The summed E-state index contributed by atoms with van der Waals surface area (Å²) in [6.45, 7) is -0.0342. The number of aromatic nitrogens is 3. The Balaban J connectivity index is 1.69. The fourth-order valence-corrected chi connectivity index (χ4v) is 2.77. The van der Waals surface area contributed by atoms with E-state index in [0.717, 1.165) is 4.88 Å². The SMILES string of the molecule is O=C(NCCCSc1n[nH]c(-c2cccs2)n1)C(F)(F)F. The lowest BCUT2D eigenvalue weighted by Crippen LogP contribution is -2.37. The van der Waals surface area contributed by atoms with E-state index in [-0.39, 0.29) is 6.54 Å². The number of hydrogen-bond donors (Lipinski definition) is 2. The Morgan fingerprint density at radius 3 is 2.95 bits per heavy atom. The molecule has 2 heterocycles. The molecule has 10 heteroatoms. The predicted octanol–water partition coefficient (Wildman–Crippen LogP) is 2.69. The van der Waals surface area contributed by atoms with Gasteiger partial charge in [0.15, 0.2) is 5.82 Å². The molecule has 0 atom stereocenters. The molecule has 0 fully saturated rings. The van der Waals surface area contributed by atoms with Crippen LogP contribution >= 0.6 is 23.1 Å². The predicted molar refractivity (Wildman–Crippen MR) is 74.1 cm³/mol. The standard InChI is InChI=1S/C11H11F3N4OS2/c12-11(13,14)9(19)15-4-2-6-21-10-16-8(17-18-10)7-3-1-5-20-7/h1,3,5H,2,4,6H2,(H,15,19)(H,16,17,18). The summed E-state index contributed by atoms with van der Waals surface area (Å²) < 4.78 is 35.8. The number of carbonyl (C=O) groups is 1. The molecule has 0 aromatic carbocycles. The zero-order valence-corrected chi connectivity index (χ0v) is 12.2. The van der Waals surface area contributed by atoms with Crippen LogP contribution in [0.4, 0.5) is 13.2 Å². The van der Waals surface area contributed by atoms with Gasteiger partial charge in [0, 0.05) is 12.3 Å². The normalized spacial score (nSPS) is 11.6. The van der Waals surface area contributed by atoms with Gasteiger partial charge in [-0.05, 0) is 17.9 Å². The maximum Gasteiger partial charge on any atom is 0.471 e. The van der Waals surface area contributed by atoms with Crippen molar-refractivity contribution >= 4 is 29.0 Å². The summed E-state index contributed by atoms with van der Waals surface area (Å²) in [4.78, 5) is 15.8. The Hall–Kier alpha value is -1.55. The summed E-state index contributed by atoms with van der Waals surface area (Å²) in [5.41, 5.74) is 0. The van der Waals surface area contributed by atoms with Crippen LogP contribution in [0.25, 0.3) is 10.7 Å². The van der Waals surface area contributed by atoms with Crippen molar-refractivity contribution in [3.8, 4) is 10.7 Å². The number of hydrogen-bond acceptors (Lipinski definition) is 5. The van der Waals surface area contributed by atoms with E-state index in [1.165, 1.54) is 23.1 Å². The van der Waals surface area contributed by atoms with Crippen LogP contribution in [0.15, 0.2) is 22.7 Å². The van der Waals surface area contributed by atoms with Crippen LogP contribution in [0.2, 0.25) is 0 Å². The number of rotatable bonds is 6. The van der Waals surface area contributed by atoms with Crippen LogP contribution in [0.1, 0.15) is 6.42 Å². The van der Waals surface area contributed by atoms with Crippen LogP contribution in [0, 0.1) is 0 Å². The molecule has 0 aliphatic rings. The second-order valence-corrected chi connectivity index (χ2v) is 5.91. The van der Waals surface area contributed by atoms with Gasteiger partial charge in [0.2, 0.25) is 5.16 Å². The van der Waals surface area contributed by atoms with Crippen LogP contribution in [-0.2, 0) is 4.79 Å². The number of nitrogens with one attached hydrogen (secondary N) is 2. The topological polar surface area (TPSA) is 70.7 Å². The van der Waals surface area contributed by atoms with Crippen molar-refractivity contribution in [2.24, 2.45) is 0 Å². The molecule has 1 amide bonds. The molecule has 2 rings (SSSR count). The highest BCUT2D eigenvalue weighted by Crippen LogP contribution is 2.23. The molecule has 0 saturated heterocycles. The molecule has 2 aromatic heterocycles. The molecule has 114 valence electrons. The smallest absolute Gasteiger partial charge is 0.348 e. The fraction of sp³-hybridized carbons (Fsp3) is 0.364. The Morgan fingerprint density at radius 2 is 2.29 bits per heavy atom. The molecule has 2 aromatic rings. The van der Waals surface area contributed by atoms with Gasteiger partial charge in [-0.3, -0.25) is 9.89 Å². The van der Waals surface area contributed by atoms with Crippen molar-refractivity contribution in [2.45, 2.75) is 17.8 Å². The maximum absolute atomic E-state index is 11.9. The maximum atomic E-state index is 11.9. The molecule has 0 radical (unpaired) electrons. The zero-order chi connectivity index (χ0) is 15.3. The first-order valence-electron chi connectivity index (χ1n) is 5.91. The average Bonchev–Trinajstić information content (AvgIpc) is 3.07. The number of carbonyl (C=O) groups excluding carboxylic acids is 1. The molecule has 21 heavy (non-hydrogen) atoms. The second-order valence-electron chi connectivity index (χ2n) is 3.90. The number of halogens is 3. The highest BCUT2D eigenvalue weighted by Gasteiger charge is 2.38. The molecule has 2 N–H and O–H groups in total. The molecule has 0 saturated carbocycles. The van der Waals surface area contributed by atoms with Gasteiger partial charge in [-0.1, -0.05) is 17.8 Å². The number of H-pyrrole nitrogens is 1. The Kier molecular flexibility index (Phi) is 5.23. The van der Waals surface area contributed by atoms with E-state index in [9.17, 15) is 18.0 Å². The lowest BCUT2D eigenvalue weighted by molar-refractivity contribution is -0.173. The quantitative estimate of drug-likeness (QED) is 0.628. The highest BCUT2D eigenvalue weighted by atomic mass is 32.2. The van der Waals surface area contributed by atoms with Gasteiger partial charge in [-0.25, -0.2) is 4.98 Å². The van der Waals surface area contributed by atoms with Crippen molar-refractivity contribution in [3.05, 3.63) is 17.5 Å². The van der Waals surface area contributed by atoms with Gasteiger partial charge >= 0.3 is 12.1 Å². The molecule has 0 bridgehead atoms. The van der Waals surface area contributed by atoms with Crippen molar-refractivity contribution in [1.29, 1.82) is 0 Å². The lowest BCUT2D eigenvalue weighted by Gasteiger charge is -2.06. The fourth-order valence-electron chi connectivity index (χ4n) is 1.37. The van der Waals surface area contributed by atoms with Crippen LogP contribution in [0.3, 0.4) is 0 Å². The van der Waals surface area contributed by atoms with Crippen LogP contribution < -0.4 is 5.32 Å². The van der Waals surface area contributed by atoms with Gasteiger partial charge in [-0.15, -0.1) is 16.4 Å². The summed E-state index contributed by atoms with van der Waals surface area (Å²) in [5.74, 6) is -0.733. The van der Waals surface area contributed by atoms with E-state index >= 15 is 0 Å². The average molecular weight is 336 g/mol. The molecule has 5 nitrogen and oxygen atoms in total. The van der Waals surface area contributed by atoms with Gasteiger partial charge in [-0.2, -0.15) is 13.2 Å². The van der Waals surface area contributed by atoms with E-state index in [0.29, 0.717) is 23.2 Å². The summed E-state index contributed by atoms with van der Waals surface area (Å²) in [6.07, 6.45) is -4.43. The summed E-state index contributed by atoms with van der Waals surface area (Å²) in [7, 11) is 0. The first kappa shape index (κ1) is 15.8. The number of thioether (sulfide) groups is 1. The lowest BCUT2D eigenvalue weighted by atomic mass is 10.4. The van der Waals surface area contributed by atoms with Gasteiger partial charge in [0.25, 0.3) is 0 Å². The molecule has 0 aliphatic heterocycles. The van der Waals surface area contributed by atoms with E-state index in [4.69, 9.17) is 0 Å². The Labute approximate surface area is 126 Å². The first-order chi connectivity index (χ1) is 9.97. The van der Waals surface area contributed by atoms with E-state index in [1.54, 1.807) is 0 Å². The minimum atomic E-state index is -4.83. The minimum absolute atomic E-state index is 0.0342. The highest BCUT2D eigenvalue weighted by molar-refractivity contribution is 7.99. The summed E-state index contributed by atoms with van der Waals surface area (Å²) in [6, 6.07) is 3.81. The second kappa shape index (κ2) is 6.94. The number of alkyl halides is 3. The number of nitrogens with zero attached hydrogens (tertiary/aromatic N) is 2. The van der Waals surface area contributed by atoms with E-state index in [2.05, 4.69) is 15.2 Å². The number of aromatic amines is 1. The van der Waals surface area contributed by atoms with Gasteiger partial charge < -0.3 is 5.32 Å². The van der Waals surface area contributed by atoms with Crippen molar-refractivity contribution in [1.82, 2.24) is 20.5 Å². The molecular formula is C11H11F3N4OS2. The van der Waals surface area contributed by atoms with Crippen LogP contribution in [-0.4, -0.2) is 39.6 Å². The van der Waals surface area contributed by atoms with Crippen LogP contribution in [0.5, 0.6) is 0 Å². The van der Waals surface area contributed by atoms with E-state index in [1.807, 2.05) is 22.8 Å². The third kappa shape index (κ3) is 4.74. The summed E-state index contributed by atoms with van der Waals surface area (Å²) in [5, 5.41) is 11.1. The third-order valence-electron chi connectivity index (χ3n) is 2.31. The molecular weight excluding hydrogens is 325 g/mol. The van der Waals surface area contributed by atoms with E-state index < -0.39 is 12.1 Å².